The number of Topliss-reactive ketones (excluding diaryl/α,β-unsaturated/α-hetero) is 2. The van der Waals surface area contributed by atoms with Crippen molar-refractivity contribution in [1.29, 1.82) is 0 Å². The van der Waals surface area contributed by atoms with Gasteiger partial charge in [-0.05, 0) is 6.92 Å². The molecule has 18 heavy (non-hydrogen) atoms. The summed E-state index contributed by atoms with van der Waals surface area (Å²) >= 11 is 0. The minimum atomic E-state index is -0.282. The third kappa shape index (κ3) is 2.22. The normalized spacial score (nSPS) is 10.6. The molecule has 0 N–H and O–H groups in total. The maximum Gasteiger partial charge on any atom is 0.205 e. The van der Waals surface area contributed by atoms with Crippen molar-refractivity contribution in [2.24, 2.45) is 14.1 Å². The van der Waals surface area contributed by atoms with Gasteiger partial charge in [-0.2, -0.15) is 5.10 Å². The van der Waals surface area contributed by atoms with Crippen LogP contribution in [-0.4, -0.2) is 30.9 Å². The molecule has 0 aliphatic heterocycles. The molecule has 6 heteroatoms. The first kappa shape index (κ1) is 12.2. The second-order valence-electron chi connectivity index (χ2n) is 4.19. The van der Waals surface area contributed by atoms with Crippen LogP contribution in [0.3, 0.4) is 0 Å². The Bertz CT molecular complexity index is 609. The maximum atomic E-state index is 12.0. The quantitative estimate of drug-likeness (QED) is 0.594. The van der Waals surface area contributed by atoms with Crippen LogP contribution in [-0.2, 0) is 14.1 Å². The Hall–Kier alpha value is -2.24. The highest BCUT2D eigenvalue weighted by Gasteiger charge is 2.19. The second kappa shape index (κ2) is 4.56. The van der Waals surface area contributed by atoms with Crippen molar-refractivity contribution in [3.05, 3.63) is 35.7 Å². The third-order valence-electron chi connectivity index (χ3n) is 2.71. The van der Waals surface area contributed by atoms with Crippen LogP contribution in [0.1, 0.15) is 33.1 Å². The van der Waals surface area contributed by atoms with Gasteiger partial charge in [0.05, 0.1) is 17.7 Å². The summed E-state index contributed by atoms with van der Waals surface area (Å²) in [4.78, 5) is 27.8. The standard InChI is InChI=1S/C12H14N4O2/c1-8-9(7-16(3)14-8)10(17)6-11(18)12-13-4-5-15(12)2/h4-5,7H,6H2,1-3H3. The van der Waals surface area contributed by atoms with Gasteiger partial charge in [0.15, 0.2) is 11.6 Å². The number of carbonyl (C=O) groups excluding carboxylic acids is 2. The number of carbonyl (C=O) groups is 2. The van der Waals surface area contributed by atoms with Crippen molar-refractivity contribution in [3.8, 4) is 0 Å². The predicted octanol–water partition coefficient (Wildman–Crippen LogP) is 0.918. The molecule has 6 nitrogen and oxygen atoms in total. The summed E-state index contributed by atoms with van der Waals surface area (Å²) in [6.07, 6.45) is 4.65. The Balaban J connectivity index is 2.16. The fourth-order valence-electron chi connectivity index (χ4n) is 1.83. The third-order valence-corrected chi connectivity index (χ3v) is 2.71. The molecule has 2 aromatic heterocycles. The smallest absolute Gasteiger partial charge is 0.205 e. The molecule has 0 unspecified atom stereocenters. The van der Waals surface area contributed by atoms with Crippen LogP contribution >= 0.6 is 0 Å². The highest BCUT2D eigenvalue weighted by atomic mass is 16.1. The van der Waals surface area contributed by atoms with Crippen molar-refractivity contribution < 1.29 is 9.59 Å². The second-order valence-corrected chi connectivity index (χ2v) is 4.19. The minimum Gasteiger partial charge on any atom is -0.332 e. The van der Waals surface area contributed by atoms with Gasteiger partial charge in [0.25, 0.3) is 0 Å². The van der Waals surface area contributed by atoms with E-state index in [0.717, 1.165) is 0 Å². The lowest BCUT2D eigenvalue weighted by Crippen LogP contribution is -2.13. The van der Waals surface area contributed by atoms with Gasteiger partial charge in [-0.1, -0.05) is 0 Å². The molecule has 0 saturated heterocycles. The first-order valence-corrected chi connectivity index (χ1v) is 5.53. The van der Waals surface area contributed by atoms with E-state index >= 15 is 0 Å². The predicted molar refractivity (Wildman–Crippen MR) is 64.4 cm³/mol. The van der Waals surface area contributed by atoms with Gasteiger partial charge >= 0.3 is 0 Å². The van der Waals surface area contributed by atoms with E-state index in [1.165, 1.54) is 6.20 Å². The molecule has 0 amide bonds. The molecule has 0 aromatic carbocycles. The molecule has 0 aliphatic carbocycles. The Kier molecular flexibility index (Phi) is 3.10. The van der Waals surface area contributed by atoms with Gasteiger partial charge in [-0.3, -0.25) is 14.3 Å². The molecule has 2 rings (SSSR count). The van der Waals surface area contributed by atoms with Gasteiger partial charge in [-0.15, -0.1) is 0 Å². The SMILES string of the molecule is Cc1nn(C)cc1C(=O)CC(=O)c1nccn1C. The number of rotatable bonds is 4. The maximum absolute atomic E-state index is 12.0. The lowest BCUT2D eigenvalue weighted by Gasteiger charge is -2.00. The van der Waals surface area contributed by atoms with Crippen LogP contribution < -0.4 is 0 Å². The van der Waals surface area contributed by atoms with Gasteiger partial charge in [0.1, 0.15) is 0 Å². The van der Waals surface area contributed by atoms with Crippen LogP contribution in [0.2, 0.25) is 0 Å². The summed E-state index contributed by atoms with van der Waals surface area (Å²) < 4.78 is 3.17. The zero-order chi connectivity index (χ0) is 13.3. The summed E-state index contributed by atoms with van der Waals surface area (Å²) in [5.41, 5.74) is 1.12. The molecule has 2 heterocycles. The highest BCUT2D eigenvalue weighted by Crippen LogP contribution is 2.10. The lowest BCUT2D eigenvalue weighted by atomic mass is 10.1. The summed E-state index contributed by atoms with van der Waals surface area (Å²) in [6.45, 7) is 1.75. The topological polar surface area (TPSA) is 69.8 Å². The number of aryl methyl sites for hydroxylation is 3. The van der Waals surface area contributed by atoms with E-state index in [4.69, 9.17) is 0 Å². The first-order chi connectivity index (χ1) is 8.49. The number of aromatic nitrogens is 4. The van der Waals surface area contributed by atoms with E-state index in [1.54, 1.807) is 42.7 Å². The summed E-state index contributed by atoms with van der Waals surface area (Å²) in [7, 11) is 3.46. The van der Waals surface area contributed by atoms with Crippen molar-refractivity contribution in [2.45, 2.75) is 13.3 Å². The molecular weight excluding hydrogens is 232 g/mol. The number of hydrogen-bond acceptors (Lipinski definition) is 4. The summed E-state index contributed by atoms with van der Waals surface area (Å²) in [6, 6.07) is 0. The molecule has 94 valence electrons. The molecule has 0 atom stereocenters. The van der Waals surface area contributed by atoms with Crippen LogP contribution in [0, 0.1) is 6.92 Å². The number of imidazole rings is 1. The number of nitrogens with zero attached hydrogens (tertiary/aromatic N) is 4. The van der Waals surface area contributed by atoms with E-state index in [9.17, 15) is 9.59 Å². The van der Waals surface area contributed by atoms with E-state index in [2.05, 4.69) is 10.1 Å². The Morgan fingerprint density at radius 1 is 1.28 bits per heavy atom. The average Bonchev–Trinajstić information content (AvgIpc) is 2.84. The van der Waals surface area contributed by atoms with E-state index in [-0.39, 0.29) is 18.0 Å². The molecule has 2 aromatic rings. The molecular formula is C12H14N4O2. The van der Waals surface area contributed by atoms with Crippen molar-refractivity contribution >= 4 is 11.6 Å². The van der Waals surface area contributed by atoms with Crippen LogP contribution in [0.5, 0.6) is 0 Å². The monoisotopic (exact) mass is 246 g/mol. The number of hydrogen-bond donors (Lipinski definition) is 0. The van der Waals surface area contributed by atoms with Gasteiger partial charge in [-0.25, -0.2) is 4.98 Å². The Labute approximate surface area is 104 Å². The van der Waals surface area contributed by atoms with Gasteiger partial charge < -0.3 is 4.57 Å². The van der Waals surface area contributed by atoms with Crippen molar-refractivity contribution in [3.63, 3.8) is 0 Å². The molecule has 0 aliphatic rings. The average molecular weight is 246 g/mol. The molecule has 0 radical (unpaired) electrons. The Morgan fingerprint density at radius 2 is 2.00 bits per heavy atom. The van der Waals surface area contributed by atoms with E-state index in [0.29, 0.717) is 17.1 Å². The summed E-state index contributed by atoms with van der Waals surface area (Å²) in [5.74, 6) is -0.214. The first-order valence-electron chi connectivity index (χ1n) is 5.53. The highest BCUT2D eigenvalue weighted by molar-refractivity contribution is 6.12. The zero-order valence-electron chi connectivity index (χ0n) is 10.5. The van der Waals surface area contributed by atoms with Crippen molar-refractivity contribution in [1.82, 2.24) is 19.3 Å². The molecule has 0 fully saturated rings. The van der Waals surface area contributed by atoms with Crippen molar-refractivity contribution in [2.75, 3.05) is 0 Å². The Morgan fingerprint density at radius 3 is 2.50 bits per heavy atom. The summed E-state index contributed by atoms with van der Waals surface area (Å²) in [5, 5.41) is 4.08. The van der Waals surface area contributed by atoms with E-state index < -0.39 is 0 Å². The fraction of sp³-hybridized carbons (Fsp3) is 0.333. The minimum absolute atomic E-state index is 0.183. The lowest BCUT2D eigenvalue weighted by molar-refractivity contribution is 0.0886. The molecule has 0 saturated carbocycles. The van der Waals surface area contributed by atoms with Crippen LogP contribution in [0.15, 0.2) is 18.6 Å². The van der Waals surface area contributed by atoms with E-state index in [1.807, 2.05) is 0 Å². The van der Waals surface area contributed by atoms with Gasteiger partial charge in [0.2, 0.25) is 5.78 Å². The van der Waals surface area contributed by atoms with Crippen LogP contribution in [0.25, 0.3) is 0 Å². The number of ketones is 2. The largest absolute Gasteiger partial charge is 0.332 e. The fourth-order valence-corrected chi connectivity index (χ4v) is 1.83. The van der Waals surface area contributed by atoms with Gasteiger partial charge in [0, 0.05) is 32.7 Å². The molecule has 0 spiro atoms. The zero-order valence-corrected chi connectivity index (χ0v) is 10.5. The van der Waals surface area contributed by atoms with Crippen LogP contribution in [0.4, 0.5) is 0 Å². The molecule has 0 bridgehead atoms.